The van der Waals surface area contributed by atoms with Gasteiger partial charge >= 0.3 is 0 Å². The van der Waals surface area contributed by atoms with Crippen LogP contribution in [0.1, 0.15) is 0 Å². The Kier molecular flexibility index (Phi) is 7.03. The molecular weight excluding hydrogens is 637 g/mol. The molecule has 0 saturated heterocycles. The van der Waals surface area contributed by atoms with Crippen LogP contribution in [0.5, 0.6) is 0 Å². The third-order valence-corrected chi connectivity index (χ3v) is 9.52. The highest BCUT2D eigenvalue weighted by Gasteiger charge is 2.21. The first-order valence-corrected chi connectivity index (χ1v) is 17.2. The van der Waals surface area contributed by atoms with Gasteiger partial charge in [0.2, 0.25) is 0 Å². The second-order valence-corrected chi connectivity index (χ2v) is 12.7. The molecule has 0 bridgehead atoms. The minimum atomic E-state index is 0.628. The lowest BCUT2D eigenvalue weighted by molar-refractivity contribution is 1.08. The molecular formula is C46H28N6. The third-order valence-electron chi connectivity index (χ3n) is 9.52. The minimum Gasteiger partial charge on any atom is -0.208 e. The second kappa shape index (κ2) is 12.3. The van der Waals surface area contributed by atoms with E-state index in [4.69, 9.17) is 29.9 Å². The molecule has 10 rings (SSSR count). The maximum Gasteiger partial charge on any atom is 0.164 e. The number of hydrogen-bond acceptors (Lipinski definition) is 6. The zero-order valence-electron chi connectivity index (χ0n) is 27.8. The molecule has 2 heterocycles. The van der Waals surface area contributed by atoms with Gasteiger partial charge in [0, 0.05) is 33.4 Å². The molecule has 0 fully saturated rings. The lowest BCUT2D eigenvalue weighted by Crippen LogP contribution is -2.02. The maximum atomic E-state index is 5.10. The van der Waals surface area contributed by atoms with Gasteiger partial charge in [-0.1, -0.05) is 158 Å². The molecule has 6 nitrogen and oxygen atoms in total. The second-order valence-electron chi connectivity index (χ2n) is 12.7. The summed E-state index contributed by atoms with van der Waals surface area (Å²) in [6, 6.07) is 57.7. The summed E-state index contributed by atoms with van der Waals surface area (Å²) in [5.41, 5.74) is 5.65. The van der Waals surface area contributed by atoms with Crippen LogP contribution in [0.3, 0.4) is 0 Å². The Morgan fingerprint density at radius 1 is 0.250 bits per heavy atom. The largest absolute Gasteiger partial charge is 0.208 e. The van der Waals surface area contributed by atoms with Crippen molar-refractivity contribution >= 4 is 32.3 Å². The molecule has 0 spiro atoms. The van der Waals surface area contributed by atoms with Crippen molar-refractivity contribution in [3.05, 3.63) is 170 Å². The molecule has 2 aromatic heterocycles. The van der Waals surface area contributed by atoms with Crippen LogP contribution in [0.4, 0.5) is 0 Å². The van der Waals surface area contributed by atoms with E-state index in [0.29, 0.717) is 34.9 Å². The first-order chi connectivity index (χ1) is 25.8. The summed E-state index contributed by atoms with van der Waals surface area (Å²) in [5.74, 6) is 3.80. The average Bonchev–Trinajstić information content (AvgIpc) is 3.23. The summed E-state index contributed by atoms with van der Waals surface area (Å²) in [6.07, 6.45) is 0. The Balaban J connectivity index is 1.21. The van der Waals surface area contributed by atoms with Crippen LogP contribution in [-0.4, -0.2) is 29.9 Å². The summed E-state index contributed by atoms with van der Waals surface area (Å²) in [4.78, 5) is 30.2. The van der Waals surface area contributed by atoms with Crippen molar-refractivity contribution in [2.45, 2.75) is 0 Å². The molecule has 0 amide bonds. The minimum absolute atomic E-state index is 0.628. The van der Waals surface area contributed by atoms with Crippen molar-refractivity contribution < 1.29 is 0 Å². The van der Waals surface area contributed by atoms with Gasteiger partial charge in [-0.3, -0.25) is 0 Å². The van der Waals surface area contributed by atoms with Gasteiger partial charge < -0.3 is 0 Å². The number of aromatic nitrogens is 6. The average molecular weight is 665 g/mol. The van der Waals surface area contributed by atoms with Gasteiger partial charge in [0.15, 0.2) is 34.9 Å². The zero-order valence-corrected chi connectivity index (χ0v) is 27.8. The highest BCUT2D eigenvalue weighted by Crippen LogP contribution is 2.43. The van der Waals surface area contributed by atoms with Gasteiger partial charge in [-0.15, -0.1) is 0 Å². The maximum absolute atomic E-state index is 5.10. The molecule has 242 valence electrons. The topological polar surface area (TPSA) is 77.3 Å². The monoisotopic (exact) mass is 664 g/mol. The van der Waals surface area contributed by atoms with Crippen LogP contribution in [0.25, 0.3) is 101 Å². The van der Waals surface area contributed by atoms with Gasteiger partial charge in [-0.25, -0.2) is 29.9 Å². The lowest BCUT2D eigenvalue weighted by atomic mass is 9.89. The fourth-order valence-electron chi connectivity index (χ4n) is 7.07. The summed E-state index contributed by atoms with van der Waals surface area (Å²) in [6.45, 7) is 0. The Bertz CT molecular complexity index is 2760. The summed E-state index contributed by atoms with van der Waals surface area (Å²) in [5, 5.41) is 6.67. The fourth-order valence-corrected chi connectivity index (χ4v) is 7.07. The Morgan fingerprint density at radius 3 is 1.12 bits per heavy atom. The normalized spacial score (nSPS) is 11.5. The predicted octanol–water partition coefficient (Wildman–Crippen LogP) is 11.0. The van der Waals surface area contributed by atoms with Gasteiger partial charge in [-0.05, 0) is 44.5 Å². The van der Waals surface area contributed by atoms with E-state index in [1.165, 1.54) is 0 Å². The van der Waals surface area contributed by atoms with Crippen LogP contribution in [-0.2, 0) is 0 Å². The van der Waals surface area contributed by atoms with Crippen molar-refractivity contribution in [3.63, 3.8) is 0 Å². The molecule has 8 aromatic carbocycles. The molecule has 0 aliphatic carbocycles. The third kappa shape index (κ3) is 5.13. The standard InChI is InChI=1S/C46H28N6/c1-5-14-30(15-6-1)41-47-42(31-16-7-2-8-17-31)50-45(49-41)37-27-25-34-28-38(35-23-13-22-29-24-26-36(37)40(34)39(29)35)46-51-43(32-18-9-3-10-19-32)48-44(52-46)33-20-11-4-12-21-33/h1-28H. The van der Waals surface area contributed by atoms with Crippen LogP contribution in [0, 0.1) is 0 Å². The summed E-state index contributed by atoms with van der Waals surface area (Å²) >= 11 is 0. The van der Waals surface area contributed by atoms with Crippen molar-refractivity contribution in [1.29, 1.82) is 0 Å². The quantitative estimate of drug-likeness (QED) is 0.165. The lowest BCUT2D eigenvalue weighted by Gasteiger charge is -2.17. The summed E-state index contributed by atoms with van der Waals surface area (Å²) in [7, 11) is 0. The van der Waals surface area contributed by atoms with Gasteiger partial charge in [0.05, 0.1) is 0 Å². The Hall–Kier alpha value is -7.18. The first kappa shape index (κ1) is 29.7. The zero-order chi connectivity index (χ0) is 34.4. The SMILES string of the molecule is c1ccc(-c2nc(-c3ccccc3)nc(-c3cc4ccc(-c5nc(-c6ccccc6)nc(-c6ccccc6)n5)c5ccc6cccc3c6c45)n2)cc1. The Labute approximate surface area is 299 Å². The Morgan fingerprint density at radius 2 is 0.635 bits per heavy atom. The number of rotatable bonds is 6. The molecule has 0 aliphatic rings. The molecule has 0 saturated carbocycles. The van der Waals surface area contributed by atoms with Crippen LogP contribution < -0.4 is 0 Å². The van der Waals surface area contributed by atoms with E-state index in [-0.39, 0.29) is 0 Å². The van der Waals surface area contributed by atoms with E-state index < -0.39 is 0 Å². The number of hydrogen-bond donors (Lipinski definition) is 0. The smallest absolute Gasteiger partial charge is 0.164 e. The molecule has 0 unspecified atom stereocenters. The van der Waals surface area contributed by atoms with E-state index in [1.54, 1.807) is 0 Å². The fraction of sp³-hybridized carbons (Fsp3) is 0. The highest BCUT2D eigenvalue weighted by atomic mass is 15.0. The van der Waals surface area contributed by atoms with Crippen molar-refractivity contribution in [3.8, 4) is 68.3 Å². The molecule has 6 heteroatoms. The molecule has 0 N–H and O–H groups in total. The van der Waals surface area contributed by atoms with Crippen molar-refractivity contribution in [1.82, 2.24) is 29.9 Å². The van der Waals surface area contributed by atoms with Crippen LogP contribution >= 0.6 is 0 Å². The van der Waals surface area contributed by atoms with Gasteiger partial charge in [-0.2, -0.15) is 0 Å². The van der Waals surface area contributed by atoms with Crippen molar-refractivity contribution in [2.75, 3.05) is 0 Å². The molecule has 0 aliphatic heterocycles. The van der Waals surface area contributed by atoms with Gasteiger partial charge in [0.1, 0.15) is 0 Å². The molecule has 0 atom stereocenters. The van der Waals surface area contributed by atoms with E-state index in [9.17, 15) is 0 Å². The predicted molar refractivity (Wildman–Crippen MR) is 210 cm³/mol. The van der Waals surface area contributed by atoms with Crippen LogP contribution in [0.15, 0.2) is 170 Å². The first-order valence-electron chi connectivity index (χ1n) is 17.2. The van der Waals surface area contributed by atoms with Crippen molar-refractivity contribution in [2.24, 2.45) is 0 Å². The molecule has 52 heavy (non-hydrogen) atoms. The van der Waals surface area contributed by atoms with E-state index in [1.807, 2.05) is 121 Å². The van der Waals surface area contributed by atoms with Crippen LogP contribution in [0.2, 0.25) is 0 Å². The molecule has 10 aromatic rings. The van der Waals surface area contributed by atoms with E-state index >= 15 is 0 Å². The summed E-state index contributed by atoms with van der Waals surface area (Å²) < 4.78 is 0. The van der Waals surface area contributed by atoms with E-state index in [0.717, 1.165) is 65.7 Å². The molecule has 0 radical (unpaired) electrons. The number of benzene rings is 8. The number of nitrogens with zero attached hydrogens (tertiary/aromatic N) is 6. The highest BCUT2D eigenvalue weighted by molar-refractivity contribution is 6.28. The van der Waals surface area contributed by atoms with Gasteiger partial charge in [0.25, 0.3) is 0 Å². The van der Waals surface area contributed by atoms with E-state index in [2.05, 4.69) is 48.5 Å².